The Morgan fingerprint density at radius 2 is 1.90 bits per heavy atom. The number of hydrogen-bond acceptors (Lipinski definition) is 1. The topological polar surface area (TPSA) is 24.1 Å². The van der Waals surface area contributed by atoms with Crippen molar-refractivity contribution >= 4 is 23.0 Å². The Morgan fingerprint density at radius 1 is 1.14 bits per heavy atom. The summed E-state index contributed by atoms with van der Waals surface area (Å²) in [6, 6.07) is 14.7. The summed E-state index contributed by atoms with van der Waals surface area (Å²) in [5, 5.41) is 6.75. The Kier molecular flexibility index (Phi) is 5.69. The van der Waals surface area contributed by atoms with Crippen LogP contribution in [0.4, 0.5) is 10.1 Å². The highest BCUT2D eigenvalue weighted by atomic mass is 32.1. The molecule has 0 heterocycles. The predicted octanol–water partition coefficient (Wildman–Crippen LogP) is 4.05. The Morgan fingerprint density at radius 3 is 2.62 bits per heavy atom. The Balaban J connectivity index is 1.68. The molecule has 0 atom stereocenters. The summed E-state index contributed by atoms with van der Waals surface area (Å²) >= 11 is 5.20. The molecule has 110 valence electrons. The van der Waals surface area contributed by atoms with E-state index in [9.17, 15) is 4.39 Å². The molecule has 0 aromatic heterocycles. The highest BCUT2D eigenvalue weighted by molar-refractivity contribution is 7.80. The minimum absolute atomic E-state index is 0.252. The standard InChI is InChI=1S/C17H19FN2S/c1-13-4-2-5-14(12-13)6-3-11-19-17(21)20-16-9-7-15(18)8-10-16/h2,4-5,7-10,12H,3,6,11H2,1H3,(H2,19,20,21). The second-order valence-corrected chi connectivity index (χ2v) is 5.39. The van der Waals surface area contributed by atoms with Crippen LogP contribution in [0.5, 0.6) is 0 Å². The fraction of sp³-hybridized carbons (Fsp3) is 0.235. The SMILES string of the molecule is Cc1cccc(CCCNC(=S)Nc2ccc(F)cc2)c1. The molecule has 0 aliphatic rings. The molecule has 0 bridgehead atoms. The van der Waals surface area contributed by atoms with Crippen LogP contribution >= 0.6 is 12.2 Å². The smallest absolute Gasteiger partial charge is 0.170 e. The molecular weight excluding hydrogens is 283 g/mol. The van der Waals surface area contributed by atoms with Gasteiger partial charge < -0.3 is 10.6 Å². The summed E-state index contributed by atoms with van der Waals surface area (Å²) in [5.74, 6) is -0.252. The van der Waals surface area contributed by atoms with Crippen LogP contribution in [0.25, 0.3) is 0 Å². The molecule has 2 aromatic rings. The van der Waals surface area contributed by atoms with Crippen LogP contribution in [0.2, 0.25) is 0 Å². The van der Waals surface area contributed by atoms with Crippen LogP contribution in [0, 0.1) is 12.7 Å². The van der Waals surface area contributed by atoms with Gasteiger partial charge in [0.15, 0.2) is 5.11 Å². The van der Waals surface area contributed by atoms with Gasteiger partial charge in [0.05, 0.1) is 0 Å². The first-order valence-corrected chi connectivity index (χ1v) is 7.40. The lowest BCUT2D eigenvalue weighted by Crippen LogP contribution is -2.29. The number of thiocarbonyl (C=S) groups is 1. The van der Waals surface area contributed by atoms with Gasteiger partial charge in [-0.25, -0.2) is 4.39 Å². The largest absolute Gasteiger partial charge is 0.362 e. The third-order valence-corrected chi connectivity index (χ3v) is 3.36. The minimum atomic E-state index is -0.252. The van der Waals surface area contributed by atoms with Crippen LogP contribution in [0.15, 0.2) is 48.5 Å². The van der Waals surface area contributed by atoms with Gasteiger partial charge in [0, 0.05) is 12.2 Å². The van der Waals surface area contributed by atoms with Gasteiger partial charge in [-0.3, -0.25) is 0 Å². The Labute approximate surface area is 130 Å². The van der Waals surface area contributed by atoms with Crippen LogP contribution in [0.3, 0.4) is 0 Å². The molecule has 2 nitrogen and oxygen atoms in total. The van der Waals surface area contributed by atoms with Crippen molar-refractivity contribution in [3.63, 3.8) is 0 Å². The van der Waals surface area contributed by atoms with Crippen molar-refractivity contribution in [2.45, 2.75) is 19.8 Å². The van der Waals surface area contributed by atoms with Crippen molar-refractivity contribution in [1.82, 2.24) is 5.32 Å². The maximum atomic E-state index is 12.8. The maximum Gasteiger partial charge on any atom is 0.170 e. The molecule has 0 spiro atoms. The molecule has 2 rings (SSSR count). The Hall–Kier alpha value is -1.94. The van der Waals surface area contributed by atoms with E-state index in [1.165, 1.54) is 23.3 Å². The van der Waals surface area contributed by atoms with E-state index in [4.69, 9.17) is 12.2 Å². The fourth-order valence-electron chi connectivity index (χ4n) is 2.07. The molecule has 0 amide bonds. The van der Waals surface area contributed by atoms with E-state index < -0.39 is 0 Å². The third kappa shape index (κ3) is 5.52. The normalized spacial score (nSPS) is 10.2. The highest BCUT2D eigenvalue weighted by Gasteiger charge is 1.98. The fourth-order valence-corrected chi connectivity index (χ4v) is 2.29. The molecule has 0 unspecified atom stereocenters. The maximum absolute atomic E-state index is 12.8. The van der Waals surface area contributed by atoms with Crippen molar-refractivity contribution < 1.29 is 4.39 Å². The van der Waals surface area contributed by atoms with Crippen molar-refractivity contribution in [1.29, 1.82) is 0 Å². The number of halogens is 1. The summed E-state index contributed by atoms with van der Waals surface area (Å²) in [5.41, 5.74) is 3.41. The molecule has 0 saturated carbocycles. The summed E-state index contributed by atoms with van der Waals surface area (Å²) in [4.78, 5) is 0. The number of benzene rings is 2. The van der Waals surface area contributed by atoms with Gasteiger partial charge in [-0.15, -0.1) is 0 Å². The van der Waals surface area contributed by atoms with Crippen LogP contribution in [-0.4, -0.2) is 11.7 Å². The van der Waals surface area contributed by atoms with Gasteiger partial charge in [-0.05, 0) is 61.8 Å². The number of nitrogens with one attached hydrogen (secondary N) is 2. The quantitative estimate of drug-likeness (QED) is 0.643. The lowest BCUT2D eigenvalue weighted by Gasteiger charge is -2.10. The molecular formula is C17H19FN2S. The van der Waals surface area contributed by atoms with E-state index >= 15 is 0 Å². The average molecular weight is 302 g/mol. The predicted molar refractivity (Wildman–Crippen MR) is 90.1 cm³/mol. The number of rotatable bonds is 5. The van der Waals surface area contributed by atoms with E-state index in [0.717, 1.165) is 25.1 Å². The molecule has 0 aliphatic heterocycles. The third-order valence-electron chi connectivity index (χ3n) is 3.11. The highest BCUT2D eigenvalue weighted by Crippen LogP contribution is 2.08. The zero-order valence-electron chi connectivity index (χ0n) is 12.0. The van der Waals surface area contributed by atoms with E-state index in [1.54, 1.807) is 12.1 Å². The number of anilines is 1. The number of aryl methyl sites for hydroxylation is 2. The monoisotopic (exact) mass is 302 g/mol. The summed E-state index contributed by atoms with van der Waals surface area (Å²) < 4.78 is 12.8. The van der Waals surface area contributed by atoms with Crippen molar-refractivity contribution in [2.75, 3.05) is 11.9 Å². The average Bonchev–Trinajstić information content (AvgIpc) is 2.46. The van der Waals surface area contributed by atoms with Gasteiger partial charge in [0.1, 0.15) is 5.82 Å². The van der Waals surface area contributed by atoms with Gasteiger partial charge in [-0.2, -0.15) is 0 Å². The van der Waals surface area contributed by atoms with Gasteiger partial charge in [-0.1, -0.05) is 29.8 Å². The molecule has 2 aromatic carbocycles. The van der Waals surface area contributed by atoms with E-state index in [0.29, 0.717) is 5.11 Å². The Bertz CT molecular complexity index is 596. The summed E-state index contributed by atoms with van der Waals surface area (Å²) in [6.45, 7) is 2.91. The lowest BCUT2D eigenvalue weighted by molar-refractivity contribution is 0.628. The molecule has 2 N–H and O–H groups in total. The minimum Gasteiger partial charge on any atom is -0.362 e. The zero-order valence-corrected chi connectivity index (χ0v) is 12.8. The van der Waals surface area contributed by atoms with E-state index in [2.05, 4.69) is 41.8 Å². The molecule has 0 aliphatic carbocycles. The first-order chi connectivity index (χ1) is 10.1. The zero-order chi connectivity index (χ0) is 15.1. The van der Waals surface area contributed by atoms with Crippen LogP contribution in [-0.2, 0) is 6.42 Å². The molecule has 4 heteroatoms. The molecule has 21 heavy (non-hydrogen) atoms. The van der Waals surface area contributed by atoms with Crippen LogP contribution in [0.1, 0.15) is 17.5 Å². The molecule has 0 fully saturated rings. The first kappa shape index (κ1) is 15.4. The summed E-state index contributed by atoms with van der Waals surface area (Å²) in [6.07, 6.45) is 2.03. The van der Waals surface area contributed by atoms with Crippen molar-refractivity contribution in [3.8, 4) is 0 Å². The van der Waals surface area contributed by atoms with Crippen molar-refractivity contribution in [3.05, 3.63) is 65.5 Å². The molecule has 0 saturated heterocycles. The van der Waals surface area contributed by atoms with Gasteiger partial charge >= 0.3 is 0 Å². The van der Waals surface area contributed by atoms with Gasteiger partial charge in [0.2, 0.25) is 0 Å². The second-order valence-electron chi connectivity index (χ2n) is 4.98. The van der Waals surface area contributed by atoms with E-state index in [1.807, 2.05) is 0 Å². The summed E-state index contributed by atoms with van der Waals surface area (Å²) in [7, 11) is 0. The van der Waals surface area contributed by atoms with Gasteiger partial charge in [0.25, 0.3) is 0 Å². The van der Waals surface area contributed by atoms with Crippen LogP contribution < -0.4 is 10.6 Å². The molecule has 0 radical (unpaired) electrons. The van der Waals surface area contributed by atoms with E-state index in [-0.39, 0.29) is 5.82 Å². The second kappa shape index (κ2) is 7.74. The lowest BCUT2D eigenvalue weighted by atomic mass is 10.1. The van der Waals surface area contributed by atoms with Crippen molar-refractivity contribution in [2.24, 2.45) is 0 Å². The number of hydrogen-bond donors (Lipinski definition) is 2. The first-order valence-electron chi connectivity index (χ1n) is 6.99.